The number of hydrogen-bond donors (Lipinski definition) is 0. The Morgan fingerprint density at radius 2 is 2.00 bits per heavy atom. The highest BCUT2D eigenvalue weighted by molar-refractivity contribution is 9.10. The first-order valence-electron chi connectivity index (χ1n) is 5.21. The van der Waals surface area contributed by atoms with Crippen LogP contribution in [0, 0.1) is 0 Å². The lowest BCUT2D eigenvalue weighted by Crippen LogP contribution is -2.08. The summed E-state index contributed by atoms with van der Waals surface area (Å²) < 4.78 is 11.7. The summed E-state index contributed by atoms with van der Waals surface area (Å²) in [7, 11) is 0. The van der Waals surface area contributed by atoms with E-state index >= 15 is 0 Å². The molecule has 0 saturated carbocycles. The van der Waals surface area contributed by atoms with Crippen LogP contribution >= 0.6 is 31.9 Å². The average molecular weight is 353 g/mol. The second kappa shape index (κ2) is 8.96. The maximum atomic E-state index is 5.40. The fourth-order valence-corrected chi connectivity index (χ4v) is 1.68. The molecule has 1 rings (SSSR count). The summed E-state index contributed by atoms with van der Waals surface area (Å²) in [4.78, 5) is 4.09. The largest absolute Gasteiger partial charge is 0.475 e. The second-order valence-corrected chi connectivity index (χ2v) is 4.88. The summed E-state index contributed by atoms with van der Waals surface area (Å²) in [5, 5.41) is 1.04. The van der Waals surface area contributed by atoms with E-state index in [1.807, 2.05) is 12.1 Å². The molecule has 0 aliphatic rings. The summed E-state index contributed by atoms with van der Waals surface area (Å²) >= 11 is 6.69. The highest BCUT2D eigenvalue weighted by Crippen LogP contribution is 2.11. The van der Waals surface area contributed by atoms with E-state index in [2.05, 4.69) is 36.8 Å². The van der Waals surface area contributed by atoms with Crippen LogP contribution in [0.5, 0.6) is 5.88 Å². The molecule has 16 heavy (non-hydrogen) atoms. The van der Waals surface area contributed by atoms with Crippen LogP contribution in [0.25, 0.3) is 0 Å². The minimum Gasteiger partial charge on any atom is -0.475 e. The zero-order chi connectivity index (χ0) is 11.6. The first-order valence-corrected chi connectivity index (χ1v) is 7.12. The van der Waals surface area contributed by atoms with E-state index in [9.17, 15) is 0 Å². The van der Waals surface area contributed by atoms with Crippen molar-refractivity contribution < 1.29 is 9.47 Å². The van der Waals surface area contributed by atoms with Gasteiger partial charge >= 0.3 is 0 Å². The summed E-state index contributed by atoms with van der Waals surface area (Å²) in [6.45, 7) is 1.95. The van der Waals surface area contributed by atoms with Crippen molar-refractivity contribution in [1.82, 2.24) is 4.98 Å². The number of hydrogen-bond acceptors (Lipinski definition) is 3. The fraction of sp³-hybridized carbons (Fsp3) is 0.545. The molecule has 0 radical (unpaired) electrons. The molecule has 0 aliphatic carbocycles. The highest BCUT2D eigenvalue weighted by Gasteiger charge is 1.95. The standard InChI is InChI=1S/C11H15Br2NO2/c12-5-1-2-6-15-7-8-16-11-4-3-10(13)9-14-11/h3-4,9H,1-2,5-8H2. The van der Waals surface area contributed by atoms with Crippen molar-refractivity contribution in [2.75, 3.05) is 25.2 Å². The van der Waals surface area contributed by atoms with Gasteiger partial charge in [-0.05, 0) is 34.8 Å². The topological polar surface area (TPSA) is 31.4 Å². The van der Waals surface area contributed by atoms with Gasteiger partial charge in [-0.1, -0.05) is 15.9 Å². The van der Waals surface area contributed by atoms with Gasteiger partial charge in [0.1, 0.15) is 6.61 Å². The minimum absolute atomic E-state index is 0.545. The van der Waals surface area contributed by atoms with E-state index in [1.54, 1.807) is 6.20 Å². The molecular weight excluding hydrogens is 338 g/mol. The molecule has 1 aromatic heterocycles. The number of pyridine rings is 1. The SMILES string of the molecule is BrCCCCOCCOc1ccc(Br)cn1. The lowest BCUT2D eigenvalue weighted by molar-refractivity contribution is 0.0967. The molecule has 0 aromatic carbocycles. The number of rotatable bonds is 8. The number of aromatic nitrogens is 1. The molecule has 90 valence electrons. The quantitative estimate of drug-likeness (QED) is 0.530. The average Bonchev–Trinajstić information content (AvgIpc) is 2.30. The number of alkyl halides is 1. The predicted molar refractivity (Wildman–Crippen MR) is 71.3 cm³/mol. The van der Waals surface area contributed by atoms with Crippen molar-refractivity contribution >= 4 is 31.9 Å². The van der Waals surface area contributed by atoms with Gasteiger partial charge in [0.2, 0.25) is 5.88 Å². The van der Waals surface area contributed by atoms with Crippen molar-refractivity contribution in [3.8, 4) is 5.88 Å². The van der Waals surface area contributed by atoms with Crippen LogP contribution < -0.4 is 4.74 Å². The van der Waals surface area contributed by atoms with Crippen molar-refractivity contribution in [3.63, 3.8) is 0 Å². The molecule has 0 spiro atoms. The fourth-order valence-electron chi connectivity index (χ4n) is 1.05. The van der Waals surface area contributed by atoms with Crippen LogP contribution in [0.15, 0.2) is 22.8 Å². The van der Waals surface area contributed by atoms with E-state index in [0.717, 1.165) is 29.3 Å². The van der Waals surface area contributed by atoms with Gasteiger partial charge in [-0.3, -0.25) is 0 Å². The predicted octanol–water partition coefficient (Wildman–Crippen LogP) is 3.41. The Labute approximate surface area is 113 Å². The highest BCUT2D eigenvalue weighted by atomic mass is 79.9. The molecule has 0 amide bonds. The van der Waals surface area contributed by atoms with E-state index in [4.69, 9.17) is 9.47 Å². The Hall–Kier alpha value is -0.130. The lowest BCUT2D eigenvalue weighted by atomic mass is 10.4. The molecule has 0 N–H and O–H groups in total. The van der Waals surface area contributed by atoms with Crippen molar-refractivity contribution in [1.29, 1.82) is 0 Å². The number of unbranched alkanes of at least 4 members (excludes halogenated alkanes) is 1. The zero-order valence-electron chi connectivity index (χ0n) is 8.99. The van der Waals surface area contributed by atoms with Gasteiger partial charge < -0.3 is 9.47 Å². The van der Waals surface area contributed by atoms with E-state index < -0.39 is 0 Å². The van der Waals surface area contributed by atoms with Gasteiger partial charge in [-0.15, -0.1) is 0 Å². The normalized spacial score (nSPS) is 10.4. The molecule has 5 heteroatoms. The summed E-state index contributed by atoms with van der Waals surface area (Å²) in [5.41, 5.74) is 0. The van der Waals surface area contributed by atoms with E-state index in [1.165, 1.54) is 0 Å². The van der Waals surface area contributed by atoms with Crippen LogP contribution in [0.1, 0.15) is 12.8 Å². The molecule has 0 atom stereocenters. The minimum atomic E-state index is 0.545. The van der Waals surface area contributed by atoms with Crippen molar-refractivity contribution in [3.05, 3.63) is 22.8 Å². The van der Waals surface area contributed by atoms with Gasteiger partial charge in [-0.25, -0.2) is 4.98 Å². The lowest BCUT2D eigenvalue weighted by Gasteiger charge is -2.05. The molecule has 0 fully saturated rings. The molecular formula is C11H15Br2NO2. The summed E-state index contributed by atoms with van der Waals surface area (Å²) in [6, 6.07) is 3.73. The zero-order valence-corrected chi connectivity index (χ0v) is 12.2. The molecule has 3 nitrogen and oxygen atoms in total. The van der Waals surface area contributed by atoms with Gasteiger partial charge in [-0.2, -0.15) is 0 Å². The van der Waals surface area contributed by atoms with Gasteiger partial charge in [0, 0.05) is 28.7 Å². The molecule has 1 aromatic rings. The Balaban J connectivity index is 2.01. The number of nitrogens with zero attached hydrogens (tertiary/aromatic N) is 1. The van der Waals surface area contributed by atoms with Crippen LogP contribution in [0.4, 0.5) is 0 Å². The molecule has 0 unspecified atom stereocenters. The molecule has 1 heterocycles. The Morgan fingerprint density at radius 1 is 1.12 bits per heavy atom. The molecule has 0 saturated heterocycles. The first kappa shape index (κ1) is 13.9. The van der Waals surface area contributed by atoms with Gasteiger partial charge in [0.05, 0.1) is 6.61 Å². The summed E-state index contributed by atoms with van der Waals surface area (Å²) in [5.74, 6) is 0.632. The maximum Gasteiger partial charge on any atom is 0.213 e. The molecule has 0 bridgehead atoms. The van der Waals surface area contributed by atoms with Crippen LogP contribution in [-0.2, 0) is 4.74 Å². The third-order valence-electron chi connectivity index (χ3n) is 1.85. The van der Waals surface area contributed by atoms with Crippen LogP contribution in [0.2, 0.25) is 0 Å². The third kappa shape index (κ3) is 6.45. The third-order valence-corrected chi connectivity index (χ3v) is 2.88. The summed E-state index contributed by atoms with van der Waals surface area (Å²) in [6.07, 6.45) is 3.95. The van der Waals surface area contributed by atoms with Crippen molar-refractivity contribution in [2.24, 2.45) is 0 Å². The van der Waals surface area contributed by atoms with Gasteiger partial charge in [0.25, 0.3) is 0 Å². The van der Waals surface area contributed by atoms with Crippen molar-refractivity contribution in [2.45, 2.75) is 12.8 Å². The monoisotopic (exact) mass is 351 g/mol. The van der Waals surface area contributed by atoms with E-state index in [-0.39, 0.29) is 0 Å². The van der Waals surface area contributed by atoms with Crippen LogP contribution in [-0.4, -0.2) is 30.1 Å². The number of halogens is 2. The first-order chi connectivity index (χ1) is 7.83. The Bertz CT molecular complexity index is 280. The molecule has 0 aliphatic heterocycles. The van der Waals surface area contributed by atoms with E-state index in [0.29, 0.717) is 19.1 Å². The Morgan fingerprint density at radius 3 is 2.69 bits per heavy atom. The second-order valence-electron chi connectivity index (χ2n) is 3.17. The van der Waals surface area contributed by atoms with Crippen LogP contribution in [0.3, 0.4) is 0 Å². The number of ether oxygens (including phenoxy) is 2. The maximum absolute atomic E-state index is 5.40. The smallest absolute Gasteiger partial charge is 0.213 e. The Kier molecular flexibility index (Phi) is 7.80. The van der Waals surface area contributed by atoms with Gasteiger partial charge in [0.15, 0.2) is 0 Å².